The fourth-order valence-electron chi connectivity index (χ4n) is 1.45. The Morgan fingerprint density at radius 1 is 1.50 bits per heavy atom. The van der Waals surface area contributed by atoms with E-state index in [0.717, 1.165) is 19.8 Å². The van der Waals surface area contributed by atoms with Gasteiger partial charge in [0.15, 0.2) is 0 Å². The van der Waals surface area contributed by atoms with Crippen molar-refractivity contribution in [1.82, 2.24) is 4.90 Å². The van der Waals surface area contributed by atoms with Crippen molar-refractivity contribution in [1.29, 1.82) is 0 Å². The lowest BCUT2D eigenvalue weighted by atomic mass is 10.1. The van der Waals surface area contributed by atoms with E-state index in [1.54, 1.807) is 0 Å². The maximum absolute atomic E-state index is 5.35. The molecule has 0 radical (unpaired) electrons. The summed E-state index contributed by atoms with van der Waals surface area (Å²) in [7, 11) is 2.16. The highest BCUT2D eigenvalue weighted by atomic mass is 16.5. The predicted molar refractivity (Wildman–Crippen MR) is 42.1 cm³/mol. The minimum atomic E-state index is 0.657. The molecule has 0 aliphatic carbocycles. The van der Waals surface area contributed by atoms with E-state index >= 15 is 0 Å². The van der Waals surface area contributed by atoms with Crippen LogP contribution in [0.25, 0.3) is 0 Å². The van der Waals surface area contributed by atoms with Crippen LogP contribution in [0.4, 0.5) is 0 Å². The Bertz CT molecular complexity index is 105. The van der Waals surface area contributed by atoms with E-state index in [0.29, 0.717) is 12.0 Å². The van der Waals surface area contributed by atoms with Crippen molar-refractivity contribution >= 4 is 0 Å². The molecule has 0 saturated carbocycles. The van der Waals surface area contributed by atoms with Crippen LogP contribution in [0.1, 0.15) is 13.8 Å². The summed E-state index contributed by atoms with van der Waals surface area (Å²) in [6, 6.07) is 0.657. The molecule has 0 amide bonds. The summed E-state index contributed by atoms with van der Waals surface area (Å²) < 4.78 is 5.35. The molecule has 2 heteroatoms. The molecule has 1 aliphatic heterocycles. The van der Waals surface area contributed by atoms with Crippen LogP contribution >= 0.6 is 0 Å². The van der Waals surface area contributed by atoms with Gasteiger partial charge in [0.1, 0.15) is 0 Å². The molecule has 1 rings (SSSR count). The van der Waals surface area contributed by atoms with E-state index in [9.17, 15) is 0 Å². The molecule has 10 heavy (non-hydrogen) atoms. The molecule has 0 N–H and O–H groups in total. The highest BCUT2D eigenvalue weighted by Gasteiger charge is 2.26. The number of hydrogen-bond acceptors (Lipinski definition) is 2. The summed E-state index contributed by atoms with van der Waals surface area (Å²) in [4.78, 5) is 2.36. The van der Waals surface area contributed by atoms with E-state index in [1.807, 2.05) is 0 Å². The quantitative estimate of drug-likeness (QED) is 0.571. The molecule has 1 saturated heterocycles. The molecular formula is C8H17NO. The van der Waals surface area contributed by atoms with Crippen LogP contribution < -0.4 is 0 Å². The fourth-order valence-corrected chi connectivity index (χ4v) is 1.45. The highest BCUT2D eigenvalue weighted by Crippen LogP contribution is 2.16. The first-order valence-electron chi connectivity index (χ1n) is 4.03. The Hall–Kier alpha value is -0.0800. The lowest BCUT2D eigenvalue weighted by molar-refractivity contribution is 0.162. The van der Waals surface area contributed by atoms with Crippen molar-refractivity contribution in [3.63, 3.8) is 0 Å². The predicted octanol–water partition coefficient (Wildman–Crippen LogP) is 0.973. The standard InChI is InChI=1S/C8H17NO/c1-4-9(3)8-6-10-5-7(8)2/h7-8H,4-6H2,1-3H3. The lowest BCUT2D eigenvalue weighted by Gasteiger charge is -2.24. The zero-order chi connectivity index (χ0) is 7.56. The van der Waals surface area contributed by atoms with Crippen molar-refractivity contribution in [3.8, 4) is 0 Å². The van der Waals surface area contributed by atoms with Gasteiger partial charge < -0.3 is 9.64 Å². The topological polar surface area (TPSA) is 12.5 Å². The SMILES string of the molecule is CCN(C)C1COCC1C. The van der Waals surface area contributed by atoms with Gasteiger partial charge in [-0.05, 0) is 19.5 Å². The maximum atomic E-state index is 5.35. The summed E-state index contributed by atoms with van der Waals surface area (Å²) in [6.45, 7) is 7.42. The van der Waals surface area contributed by atoms with Gasteiger partial charge in [0, 0.05) is 6.04 Å². The zero-order valence-corrected chi connectivity index (χ0v) is 7.13. The maximum Gasteiger partial charge on any atom is 0.0625 e. The minimum absolute atomic E-state index is 0.657. The first-order chi connectivity index (χ1) is 4.75. The first kappa shape index (κ1) is 8.02. The monoisotopic (exact) mass is 143 g/mol. The molecule has 1 heterocycles. The van der Waals surface area contributed by atoms with Crippen LogP contribution in [0.2, 0.25) is 0 Å². The summed E-state index contributed by atoms with van der Waals surface area (Å²) >= 11 is 0. The summed E-state index contributed by atoms with van der Waals surface area (Å²) in [5.41, 5.74) is 0. The Morgan fingerprint density at radius 3 is 2.60 bits per heavy atom. The molecule has 2 nitrogen and oxygen atoms in total. The molecule has 1 fully saturated rings. The van der Waals surface area contributed by atoms with Crippen molar-refractivity contribution in [2.24, 2.45) is 5.92 Å². The molecule has 1 aliphatic rings. The number of nitrogens with zero attached hydrogens (tertiary/aromatic N) is 1. The number of hydrogen-bond donors (Lipinski definition) is 0. The fraction of sp³-hybridized carbons (Fsp3) is 1.00. The van der Waals surface area contributed by atoms with Crippen LogP contribution in [0, 0.1) is 5.92 Å². The van der Waals surface area contributed by atoms with Crippen LogP contribution in [0.15, 0.2) is 0 Å². The van der Waals surface area contributed by atoms with Crippen LogP contribution in [-0.4, -0.2) is 37.7 Å². The van der Waals surface area contributed by atoms with Crippen molar-refractivity contribution in [2.75, 3.05) is 26.8 Å². The van der Waals surface area contributed by atoms with Gasteiger partial charge in [-0.25, -0.2) is 0 Å². The summed E-state index contributed by atoms with van der Waals surface area (Å²) in [6.07, 6.45) is 0. The number of ether oxygens (including phenoxy) is 1. The first-order valence-corrected chi connectivity index (χ1v) is 4.03. The molecular weight excluding hydrogens is 126 g/mol. The molecule has 2 atom stereocenters. The van der Waals surface area contributed by atoms with E-state index in [4.69, 9.17) is 4.74 Å². The van der Waals surface area contributed by atoms with Gasteiger partial charge in [-0.3, -0.25) is 0 Å². The number of likely N-dealkylation sites (N-methyl/N-ethyl adjacent to an activating group) is 1. The second-order valence-corrected chi connectivity index (χ2v) is 3.16. The molecule has 0 aromatic heterocycles. The lowest BCUT2D eigenvalue weighted by Crippen LogP contribution is -2.36. The third-order valence-corrected chi connectivity index (χ3v) is 2.39. The van der Waals surface area contributed by atoms with Crippen LogP contribution in [0.3, 0.4) is 0 Å². The second-order valence-electron chi connectivity index (χ2n) is 3.16. The molecule has 0 spiro atoms. The Morgan fingerprint density at radius 2 is 2.20 bits per heavy atom. The second kappa shape index (κ2) is 3.35. The van der Waals surface area contributed by atoms with Crippen LogP contribution in [0.5, 0.6) is 0 Å². The Balaban J connectivity index is 2.38. The van der Waals surface area contributed by atoms with Gasteiger partial charge in [-0.1, -0.05) is 13.8 Å². The highest BCUT2D eigenvalue weighted by molar-refractivity contribution is 4.78. The van der Waals surface area contributed by atoms with Crippen molar-refractivity contribution in [2.45, 2.75) is 19.9 Å². The van der Waals surface area contributed by atoms with Crippen molar-refractivity contribution < 1.29 is 4.74 Å². The third kappa shape index (κ3) is 1.50. The Kier molecular flexibility index (Phi) is 2.69. The van der Waals surface area contributed by atoms with Gasteiger partial charge in [-0.2, -0.15) is 0 Å². The number of rotatable bonds is 2. The van der Waals surface area contributed by atoms with E-state index < -0.39 is 0 Å². The van der Waals surface area contributed by atoms with Gasteiger partial charge in [0.25, 0.3) is 0 Å². The summed E-state index contributed by atoms with van der Waals surface area (Å²) in [5.74, 6) is 0.713. The largest absolute Gasteiger partial charge is 0.379 e. The summed E-state index contributed by atoms with van der Waals surface area (Å²) in [5, 5.41) is 0. The molecule has 60 valence electrons. The minimum Gasteiger partial charge on any atom is -0.379 e. The third-order valence-electron chi connectivity index (χ3n) is 2.39. The van der Waals surface area contributed by atoms with Gasteiger partial charge >= 0.3 is 0 Å². The zero-order valence-electron chi connectivity index (χ0n) is 7.13. The van der Waals surface area contributed by atoms with Gasteiger partial charge in [0.2, 0.25) is 0 Å². The van der Waals surface area contributed by atoms with E-state index in [-0.39, 0.29) is 0 Å². The van der Waals surface area contributed by atoms with Crippen LogP contribution in [-0.2, 0) is 4.74 Å². The molecule has 0 bridgehead atoms. The van der Waals surface area contributed by atoms with E-state index in [1.165, 1.54) is 0 Å². The van der Waals surface area contributed by atoms with Gasteiger partial charge in [0.05, 0.1) is 13.2 Å². The molecule has 0 aromatic carbocycles. The van der Waals surface area contributed by atoms with E-state index in [2.05, 4.69) is 25.8 Å². The van der Waals surface area contributed by atoms with Gasteiger partial charge in [-0.15, -0.1) is 0 Å². The van der Waals surface area contributed by atoms with Crippen molar-refractivity contribution in [3.05, 3.63) is 0 Å². The molecule has 2 unspecified atom stereocenters. The average molecular weight is 143 g/mol. The Labute approximate surface area is 63.2 Å². The smallest absolute Gasteiger partial charge is 0.0625 e. The average Bonchev–Trinajstić information content (AvgIpc) is 2.34. The normalized spacial score (nSPS) is 33.6. The molecule has 0 aromatic rings.